The van der Waals surface area contributed by atoms with Crippen molar-refractivity contribution in [1.82, 2.24) is 65.3 Å². The number of imidazole rings is 1. The Balaban J connectivity index is 0.826. The van der Waals surface area contributed by atoms with Crippen molar-refractivity contribution in [3.63, 3.8) is 0 Å². The number of hydrogen-bond donors (Lipinski definition) is 9. The highest BCUT2D eigenvalue weighted by Crippen LogP contribution is 2.42. The number of pyridine rings is 1. The van der Waals surface area contributed by atoms with Crippen LogP contribution in [0.1, 0.15) is 65.0 Å². The highest BCUT2D eigenvalue weighted by Gasteiger charge is 2.40. The number of carbonyl (C=O) groups is 1. The van der Waals surface area contributed by atoms with Crippen LogP contribution in [0.4, 0.5) is 23.3 Å². The van der Waals surface area contributed by atoms with E-state index in [0.717, 1.165) is 35.1 Å². The minimum absolute atomic E-state index is 0.0118. The van der Waals surface area contributed by atoms with E-state index in [0.29, 0.717) is 177 Å². The molecule has 5 aliphatic rings. The van der Waals surface area contributed by atoms with E-state index in [9.17, 15) is 15.3 Å². The Bertz CT molecular complexity index is 4190. The molecule has 29 nitrogen and oxygen atoms in total. The normalized spacial score (nSPS) is 20.7. The van der Waals surface area contributed by atoms with Crippen LogP contribution in [0.25, 0.3) is 51.2 Å². The minimum Gasteiger partial charge on any atom is -0.491 e. The molecule has 0 spiro atoms. The first kappa shape index (κ1) is 73.2. The average molecular weight is 1430 g/mol. The fraction of sp³-hybridized carbons (Fsp3) is 0.480. The second-order valence-electron chi connectivity index (χ2n) is 26.8. The van der Waals surface area contributed by atoms with Crippen LogP contribution in [-0.2, 0) is 30.1 Å². The van der Waals surface area contributed by atoms with Crippen LogP contribution in [0.15, 0.2) is 104 Å². The molecule has 552 valence electrons. The lowest BCUT2D eigenvalue weighted by atomic mass is 9.97. The molecule has 0 bridgehead atoms. The van der Waals surface area contributed by atoms with Crippen molar-refractivity contribution >= 4 is 29.2 Å². The van der Waals surface area contributed by atoms with Crippen LogP contribution in [0, 0.1) is 13.8 Å². The first-order valence-electron chi connectivity index (χ1n) is 36.0. The van der Waals surface area contributed by atoms with Gasteiger partial charge in [0, 0.05) is 116 Å². The summed E-state index contributed by atoms with van der Waals surface area (Å²) in [6.45, 7) is 11.8. The van der Waals surface area contributed by atoms with Gasteiger partial charge in [-0.25, -0.2) is 39.9 Å². The number of nitrogens with one attached hydrogen (secondary N) is 6. The number of benzene rings is 3. The molecule has 104 heavy (non-hydrogen) atoms. The number of nitrogens with zero attached hydrogens (tertiary/aromatic N) is 11. The summed E-state index contributed by atoms with van der Waals surface area (Å²) in [6.07, 6.45) is 6.45. The van der Waals surface area contributed by atoms with E-state index in [-0.39, 0.29) is 69.3 Å². The quantitative estimate of drug-likeness (QED) is 0.0261. The zero-order chi connectivity index (χ0) is 72.1. The van der Waals surface area contributed by atoms with Crippen LogP contribution in [0.5, 0.6) is 17.2 Å². The van der Waals surface area contributed by atoms with Gasteiger partial charge in [0.1, 0.15) is 96.5 Å². The fourth-order valence-electron chi connectivity index (χ4n) is 13.7. The number of morpholine rings is 2. The number of aromatic nitrogens is 9. The third-order valence-corrected chi connectivity index (χ3v) is 19.2. The molecule has 0 radical (unpaired) electrons. The van der Waals surface area contributed by atoms with Crippen molar-refractivity contribution in [2.24, 2.45) is 0 Å². The van der Waals surface area contributed by atoms with E-state index in [2.05, 4.69) is 53.7 Å². The number of aliphatic hydroxyl groups excluding tert-OH is 3. The molecule has 8 aromatic rings. The average Bonchev–Trinajstić information content (AvgIpc) is 1.26. The molecule has 13 rings (SSSR count). The van der Waals surface area contributed by atoms with Crippen molar-refractivity contribution in [2.45, 2.75) is 101 Å². The van der Waals surface area contributed by atoms with Gasteiger partial charge in [-0.2, -0.15) is 0 Å². The number of ether oxygens (including phenoxy) is 8. The summed E-state index contributed by atoms with van der Waals surface area (Å²) in [5, 5.41) is 52.1. The van der Waals surface area contributed by atoms with Crippen molar-refractivity contribution in [3.8, 4) is 68.5 Å². The molecular weight excluding hydrogens is 1330 g/mol. The molecule has 1 amide bonds. The van der Waals surface area contributed by atoms with Gasteiger partial charge < -0.3 is 94.9 Å². The predicted molar refractivity (Wildman–Crippen MR) is 392 cm³/mol. The molecule has 0 aliphatic carbocycles. The summed E-state index contributed by atoms with van der Waals surface area (Å²) in [7, 11) is 5.33. The monoisotopic (exact) mass is 1430 g/mol. The van der Waals surface area contributed by atoms with E-state index >= 15 is 4.79 Å². The number of likely N-dealkylation sites (N-methyl/N-ethyl adjacent to an activating group) is 3. The maximum Gasteiger partial charge on any atom is 0.273 e. The summed E-state index contributed by atoms with van der Waals surface area (Å²) in [5.41, 5.74) is 6.97. The van der Waals surface area contributed by atoms with Gasteiger partial charge in [-0.1, -0.05) is 37.3 Å². The van der Waals surface area contributed by atoms with E-state index in [4.69, 9.17) is 67.8 Å². The molecule has 5 aromatic heterocycles. The number of hydrogen-bond acceptors (Lipinski definition) is 27. The lowest BCUT2D eigenvalue weighted by molar-refractivity contribution is -0.0561. The Labute approximate surface area is 605 Å². The largest absolute Gasteiger partial charge is 0.491 e. The Hall–Kier alpha value is -9.11. The summed E-state index contributed by atoms with van der Waals surface area (Å²) in [6, 6.07) is 24.0. The van der Waals surface area contributed by atoms with Crippen molar-refractivity contribution in [3.05, 3.63) is 132 Å². The molecule has 29 heteroatoms. The van der Waals surface area contributed by atoms with Gasteiger partial charge >= 0.3 is 0 Å². The van der Waals surface area contributed by atoms with E-state index in [1.807, 2.05) is 108 Å². The zero-order valence-corrected chi connectivity index (χ0v) is 59.8. The SMILES string of the molecule is CCc1c(N[C@H]2COC(c3ccc(OCC(O)CNC)cc3-c3nc(N[C@@H]4CCOC4)c(C)c(-c4ccnc(-n5ccnc5)c4)n3)C2)nc(-c2cccc(OCC(O)CNC)c2)nc1N1CCOCC1C1CN(C(=O)c2nc(-c3cccc(OCC(O)CNC)c3)nc(N[C@@H]3CCOC3)c2C)CCO1. The molecule has 3 aromatic carbocycles. The van der Waals surface area contributed by atoms with Crippen LogP contribution < -0.4 is 51.0 Å². The zero-order valence-electron chi connectivity index (χ0n) is 59.8. The van der Waals surface area contributed by atoms with Crippen LogP contribution >= 0.6 is 0 Å². The molecule has 0 saturated carbocycles. The standard InChI is InChI=1S/C75H95N17O12/c1-7-59-72(83-52-31-63(104-39-52)60-15-14-58(103-42-55(95)35-78-6)32-61(60)73-84-66(45(2)68(87-73)81-50-17-24-97-37-50)47-16-19-80-65(30-47)91-21-20-79-44-91)88-71(49-11-9-13-57(29-49)102-41-54(94)34-77-5)89-74(59)92-23-26-99-43-62(92)64-36-90(22-27-100-64)75(96)67-46(3)69(82-51-18-25-98-38-51)86-70(85-67)48-10-8-12-56(28-48)101-40-53(93)33-76-4/h8-16,19-21,28-30,32,44,50-55,62-64,76-78,93-95H,7,17-18,22-27,31,33-43H2,1-6H3,(H,81,84,87)(H,82,85,86)(H,83,88,89)/t50-,51-,52-,53?,54?,55?,62?,63?,64?/m1/s1. The molecule has 10 heterocycles. The molecule has 5 aliphatic heterocycles. The van der Waals surface area contributed by atoms with Gasteiger partial charge in [0.05, 0.1) is 81.7 Å². The third-order valence-electron chi connectivity index (χ3n) is 19.2. The maximum atomic E-state index is 15.3. The second-order valence-corrected chi connectivity index (χ2v) is 26.8. The fourth-order valence-corrected chi connectivity index (χ4v) is 13.7. The van der Waals surface area contributed by atoms with Gasteiger partial charge in [0.25, 0.3) is 5.91 Å². The highest BCUT2D eigenvalue weighted by atomic mass is 16.5. The predicted octanol–water partition coefficient (Wildman–Crippen LogP) is 5.45. The number of anilines is 4. The van der Waals surface area contributed by atoms with Crippen molar-refractivity contribution in [2.75, 3.05) is 154 Å². The number of carbonyl (C=O) groups excluding carboxylic acids is 1. The summed E-state index contributed by atoms with van der Waals surface area (Å²) in [5.74, 6) is 5.71. The molecule has 9 atom stereocenters. The minimum atomic E-state index is -0.763. The van der Waals surface area contributed by atoms with Gasteiger partial charge in [0.2, 0.25) is 0 Å². The summed E-state index contributed by atoms with van der Waals surface area (Å²) in [4.78, 5) is 60.0. The molecule has 5 fully saturated rings. The Morgan fingerprint density at radius 1 is 0.615 bits per heavy atom. The molecule has 6 unspecified atom stereocenters. The first-order valence-corrected chi connectivity index (χ1v) is 36.0. The maximum absolute atomic E-state index is 15.3. The van der Waals surface area contributed by atoms with E-state index in [1.54, 1.807) is 39.9 Å². The topological polar surface area (TPSA) is 338 Å². The lowest BCUT2D eigenvalue weighted by Gasteiger charge is -2.44. The summed E-state index contributed by atoms with van der Waals surface area (Å²) >= 11 is 0. The molecule has 9 N–H and O–H groups in total. The van der Waals surface area contributed by atoms with E-state index < -0.39 is 36.6 Å². The van der Waals surface area contributed by atoms with Crippen LogP contribution in [-0.4, -0.2) is 252 Å². The Morgan fingerprint density at radius 3 is 1.88 bits per heavy atom. The van der Waals surface area contributed by atoms with Crippen molar-refractivity contribution in [1.29, 1.82) is 0 Å². The Kier molecular flexibility index (Phi) is 24.4. The van der Waals surface area contributed by atoms with Crippen molar-refractivity contribution < 1.29 is 58.0 Å². The number of rotatable bonds is 31. The summed E-state index contributed by atoms with van der Waals surface area (Å²) < 4.78 is 51.9. The van der Waals surface area contributed by atoms with Crippen LogP contribution in [0.2, 0.25) is 0 Å². The van der Waals surface area contributed by atoms with Gasteiger partial charge in [0.15, 0.2) is 17.5 Å². The molecular formula is C75H95N17O12. The van der Waals surface area contributed by atoms with Crippen LogP contribution in [0.3, 0.4) is 0 Å². The van der Waals surface area contributed by atoms with Gasteiger partial charge in [-0.3, -0.25) is 9.36 Å². The van der Waals surface area contributed by atoms with Gasteiger partial charge in [-0.05, 0) is 108 Å². The second kappa shape index (κ2) is 34.7. The third kappa shape index (κ3) is 17.6. The first-order chi connectivity index (χ1) is 50.8. The smallest absolute Gasteiger partial charge is 0.273 e. The Morgan fingerprint density at radius 2 is 1.24 bits per heavy atom. The lowest BCUT2D eigenvalue weighted by Crippen LogP contribution is -2.59. The van der Waals surface area contributed by atoms with E-state index in [1.165, 1.54) is 0 Å². The van der Waals surface area contributed by atoms with Gasteiger partial charge in [-0.15, -0.1) is 0 Å². The molecule has 5 saturated heterocycles. The highest BCUT2D eigenvalue weighted by molar-refractivity contribution is 5.95. The number of aliphatic hydroxyl groups is 3. The number of amides is 1.